The van der Waals surface area contributed by atoms with Crippen LogP contribution in [0, 0.1) is 5.92 Å². The van der Waals surface area contributed by atoms with E-state index in [9.17, 15) is 4.79 Å². The molecule has 3 N–H and O–H groups in total. The van der Waals surface area contributed by atoms with Crippen molar-refractivity contribution in [3.63, 3.8) is 0 Å². The Labute approximate surface area is 108 Å². The highest BCUT2D eigenvalue weighted by atomic mass is 16.2. The second kappa shape index (κ2) is 5.52. The molecule has 0 spiro atoms. The highest BCUT2D eigenvalue weighted by Crippen LogP contribution is 2.28. The van der Waals surface area contributed by atoms with Gasteiger partial charge in [-0.05, 0) is 51.0 Å². The van der Waals surface area contributed by atoms with Gasteiger partial charge in [0.25, 0.3) is 0 Å². The number of nitrogens with zero attached hydrogens (tertiary/aromatic N) is 2. The quantitative estimate of drug-likeness (QED) is 0.481. The molecule has 0 aliphatic heterocycles. The first-order valence-electron chi connectivity index (χ1n) is 6.66. The van der Waals surface area contributed by atoms with E-state index in [4.69, 9.17) is 5.84 Å². The molecule has 0 bridgehead atoms. The van der Waals surface area contributed by atoms with Crippen molar-refractivity contribution in [3.8, 4) is 0 Å². The molecule has 5 nitrogen and oxygen atoms in total. The largest absolute Gasteiger partial charge is 0.294 e. The van der Waals surface area contributed by atoms with Gasteiger partial charge < -0.3 is 0 Å². The lowest BCUT2D eigenvalue weighted by molar-refractivity contribution is -0.121. The first kappa shape index (κ1) is 13.1. The number of aryl methyl sites for hydroxylation is 1. The van der Waals surface area contributed by atoms with Gasteiger partial charge in [0.05, 0.1) is 5.69 Å². The van der Waals surface area contributed by atoms with Crippen molar-refractivity contribution in [3.05, 3.63) is 17.5 Å². The molecule has 0 fully saturated rings. The highest BCUT2D eigenvalue weighted by molar-refractivity contribution is 5.75. The third-order valence-electron chi connectivity index (χ3n) is 3.66. The van der Waals surface area contributed by atoms with Crippen molar-refractivity contribution in [2.75, 3.05) is 0 Å². The maximum atomic E-state index is 11.1. The van der Waals surface area contributed by atoms with Crippen LogP contribution in [0.4, 0.5) is 0 Å². The van der Waals surface area contributed by atoms with Crippen molar-refractivity contribution < 1.29 is 4.79 Å². The predicted molar refractivity (Wildman–Crippen MR) is 69.7 cm³/mol. The van der Waals surface area contributed by atoms with Gasteiger partial charge >= 0.3 is 0 Å². The van der Waals surface area contributed by atoms with Crippen LogP contribution in [0.1, 0.15) is 50.4 Å². The molecule has 0 saturated carbocycles. The summed E-state index contributed by atoms with van der Waals surface area (Å²) in [5, 5.41) is 4.61. The minimum atomic E-state index is -0.0707. The molecule has 0 aromatic carbocycles. The number of nitrogens with two attached hydrogens (primary N) is 1. The van der Waals surface area contributed by atoms with Crippen molar-refractivity contribution in [2.45, 2.75) is 52.0 Å². The second-order valence-corrected chi connectivity index (χ2v) is 5.39. The van der Waals surface area contributed by atoms with Crippen molar-refractivity contribution in [1.82, 2.24) is 15.2 Å². The molecular weight excluding hydrogens is 228 g/mol. The molecule has 1 amide bonds. The first-order valence-corrected chi connectivity index (χ1v) is 6.66. The molecule has 2 rings (SSSR count). The molecule has 18 heavy (non-hydrogen) atoms. The minimum Gasteiger partial charge on any atom is -0.294 e. The van der Waals surface area contributed by atoms with E-state index in [0.717, 1.165) is 25.7 Å². The average molecular weight is 250 g/mol. The number of rotatable bonds is 4. The molecule has 1 unspecified atom stereocenters. The number of amides is 1. The van der Waals surface area contributed by atoms with Gasteiger partial charge in [-0.1, -0.05) is 0 Å². The molecular formula is C13H22N4O. The van der Waals surface area contributed by atoms with Crippen LogP contribution in [-0.4, -0.2) is 15.7 Å². The van der Waals surface area contributed by atoms with Crippen molar-refractivity contribution >= 4 is 5.91 Å². The molecule has 1 aromatic heterocycles. The SMILES string of the molecule is CC(C)n1cc2c(n1)CCC(CCC(=O)NN)C2. The number of carbonyl (C=O) groups is 1. The van der Waals surface area contributed by atoms with E-state index in [1.807, 2.05) is 4.68 Å². The summed E-state index contributed by atoms with van der Waals surface area (Å²) in [6, 6.07) is 0.414. The second-order valence-electron chi connectivity index (χ2n) is 5.39. The van der Waals surface area contributed by atoms with Crippen LogP contribution >= 0.6 is 0 Å². The lowest BCUT2D eigenvalue weighted by Gasteiger charge is -2.20. The normalized spacial score (nSPS) is 18.8. The summed E-state index contributed by atoms with van der Waals surface area (Å²) in [6.07, 6.45) is 6.79. The van der Waals surface area contributed by atoms with Gasteiger partial charge in [0.1, 0.15) is 0 Å². The Morgan fingerprint density at radius 3 is 3.11 bits per heavy atom. The molecule has 5 heteroatoms. The van der Waals surface area contributed by atoms with Gasteiger partial charge in [-0.25, -0.2) is 5.84 Å². The van der Waals surface area contributed by atoms with E-state index in [2.05, 4.69) is 30.6 Å². The summed E-state index contributed by atoms with van der Waals surface area (Å²) < 4.78 is 2.04. The van der Waals surface area contributed by atoms with Crippen LogP contribution < -0.4 is 11.3 Å². The fourth-order valence-electron chi connectivity index (χ4n) is 2.52. The van der Waals surface area contributed by atoms with Gasteiger partial charge in [-0.3, -0.25) is 14.9 Å². The van der Waals surface area contributed by atoms with E-state index < -0.39 is 0 Å². The summed E-state index contributed by atoms with van der Waals surface area (Å²) in [4.78, 5) is 11.1. The van der Waals surface area contributed by atoms with E-state index >= 15 is 0 Å². The van der Waals surface area contributed by atoms with Crippen molar-refractivity contribution in [1.29, 1.82) is 0 Å². The van der Waals surface area contributed by atoms with Gasteiger partial charge in [-0.2, -0.15) is 5.10 Å². The van der Waals surface area contributed by atoms with Crippen LogP contribution in [-0.2, 0) is 17.6 Å². The zero-order valence-corrected chi connectivity index (χ0v) is 11.1. The van der Waals surface area contributed by atoms with Crippen LogP contribution in [0.5, 0.6) is 0 Å². The summed E-state index contributed by atoms with van der Waals surface area (Å²) >= 11 is 0. The lowest BCUT2D eigenvalue weighted by Crippen LogP contribution is -2.30. The van der Waals surface area contributed by atoms with Crippen LogP contribution in [0.25, 0.3) is 0 Å². The zero-order valence-electron chi connectivity index (χ0n) is 11.1. The topological polar surface area (TPSA) is 72.9 Å². The maximum Gasteiger partial charge on any atom is 0.233 e. The molecule has 0 saturated heterocycles. The third-order valence-corrected chi connectivity index (χ3v) is 3.66. The predicted octanol–water partition coefficient (Wildman–Crippen LogP) is 1.34. The number of hydrazine groups is 1. The number of fused-ring (bicyclic) bond motifs is 1. The van der Waals surface area contributed by atoms with Gasteiger partial charge in [0.15, 0.2) is 0 Å². The number of aromatic nitrogens is 2. The first-order chi connectivity index (χ1) is 8.60. The van der Waals surface area contributed by atoms with Gasteiger partial charge in [-0.15, -0.1) is 0 Å². The number of hydrogen-bond acceptors (Lipinski definition) is 3. The van der Waals surface area contributed by atoms with Crippen LogP contribution in [0.2, 0.25) is 0 Å². The Morgan fingerprint density at radius 1 is 1.67 bits per heavy atom. The highest BCUT2D eigenvalue weighted by Gasteiger charge is 2.22. The summed E-state index contributed by atoms with van der Waals surface area (Å²) in [5.41, 5.74) is 4.78. The summed E-state index contributed by atoms with van der Waals surface area (Å²) in [5.74, 6) is 5.60. The summed E-state index contributed by atoms with van der Waals surface area (Å²) in [6.45, 7) is 4.28. The average Bonchev–Trinajstić information content (AvgIpc) is 2.79. The molecule has 1 heterocycles. The van der Waals surface area contributed by atoms with E-state index in [1.54, 1.807) is 0 Å². The third kappa shape index (κ3) is 2.90. The molecule has 1 aromatic rings. The van der Waals surface area contributed by atoms with Gasteiger partial charge in [0.2, 0.25) is 5.91 Å². The van der Waals surface area contributed by atoms with E-state index in [-0.39, 0.29) is 5.91 Å². The minimum absolute atomic E-state index is 0.0707. The van der Waals surface area contributed by atoms with Crippen LogP contribution in [0.15, 0.2) is 6.20 Å². The Balaban J connectivity index is 1.95. The summed E-state index contributed by atoms with van der Waals surface area (Å²) in [7, 11) is 0. The van der Waals surface area contributed by atoms with Crippen molar-refractivity contribution in [2.24, 2.45) is 11.8 Å². The lowest BCUT2D eigenvalue weighted by atomic mass is 9.85. The Kier molecular flexibility index (Phi) is 4.01. The van der Waals surface area contributed by atoms with E-state index in [0.29, 0.717) is 18.4 Å². The molecule has 0 radical (unpaired) electrons. The number of hydrogen-bond donors (Lipinski definition) is 2. The zero-order chi connectivity index (χ0) is 13.1. The smallest absolute Gasteiger partial charge is 0.233 e. The number of carbonyl (C=O) groups excluding carboxylic acids is 1. The van der Waals surface area contributed by atoms with E-state index in [1.165, 1.54) is 11.3 Å². The molecule has 1 aliphatic rings. The Hall–Kier alpha value is -1.36. The molecule has 1 aliphatic carbocycles. The fourth-order valence-corrected chi connectivity index (χ4v) is 2.52. The standard InChI is InChI=1S/C13H22N4O/c1-9(2)17-8-11-7-10(3-5-12(11)16-17)4-6-13(18)15-14/h8-10H,3-7,14H2,1-2H3,(H,15,18). The monoisotopic (exact) mass is 250 g/mol. The Morgan fingerprint density at radius 2 is 2.44 bits per heavy atom. The number of nitrogens with one attached hydrogen (secondary N) is 1. The Bertz CT molecular complexity index is 425. The van der Waals surface area contributed by atoms with Gasteiger partial charge in [0, 0.05) is 18.7 Å². The molecule has 100 valence electrons. The van der Waals surface area contributed by atoms with Crippen LogP contribution in [0.3, 0.4) is 0 Å². The maximum absolute atomic E-state index is 11.1. The fraction of sp³-hybridized carbons (Fsp3) is 0.692. The molecule has 1 atom stereocenters.